The van der Waals surface area contributed by atoms with Gasteiger partial charge in [-0.05, 0) is 0 Å². The molecule has 0 unspecified atom stereocenters. The van der Waals surface area contributed by atoms with E-state index < -0.39 is 11.7 Å². The van der Waals surface area contributed by atoms with E-state index >= 15 is 0 Å². The SMILES string of the molecule is O=C(Cn1cc[nH]c1=O)N1CCN(c2ncc(C(F)(F)F)cn2)CC1. The zero-order chi connectivity index (χ0) is 18.0. The largest absolute Gasteiger partial charge is 0.419 e. The average molecular weight is 356 g/mol. The molecule has 1 N–H and O–H groups in total. The summed E-state index contributed by atoms with van der Waals surface area (Å²) in [6.07, 6.45) is -0.0294. The molecule has 1 saturated heterocycles. The lowest BCUT2D eigenvalue weighted by Gasteiger charge is -2.34. The van der Waals surface area contributed by atoms with Crippen LogP contribution in [0.4, 0.5) is 19.1 Å². The number of carbonyl (C=O) groups excluding carboxylic acids is 1. The van der Waals surface area contributed by atoms with Gasteiger partial charge in [0.2, 0.25) is 11.9 Å². The summed E-state index contributed by atoms with van der Waals surface area (Å²) in [4.78, 5) is 36.9. The van der Waals surface area contributed by atoms with E-state index in [4.69, 9.17) is 0 Å². The molecule has 134 valence electrons. The van der Waals surface area contributed by atoms with E-state index in [9.17, 15) is 22.8 Å². The fraction of sp³-hybridized carbons (Fsp3) is 0.429. The van der Waals surface area contributed by atoms with Crippen LogP contribution in [-0.4, -0.2) is 56.5 Å². The third-order valence-electron chi connectivity index (χ3n) is 3.91. The van der Waals surface area contributed by atoms with Crippen LogP contribution in [0.15, 0.2) is 29.6 Å². The van der Waals surface area contributed by atoms with Crippen molar-refractivity contribution in [2.45, 2.75) is 12.7 Å². The predicted molar refractivity (Wildman–Crippen MR) is 80.9 cm³/mol. The number of piperazine rings is 1. The number of hydrogen-bond donors (Lipinski definition) is 1. The summed E-state index contributed by atoms with van der Waals surface area (Å²) in [5.41, 5.74) is -1.26. The van der Waals surface area contributed by atoms with Crippen LogP contribution in [0.3, 0.4) is 0 Å². The number of hydrogen-bond acceptors (Lipinski definition) is 5. The van der Waals surface area contributed by atoms with Crippen molar-refractivity contribution in [3.05, 3.63) is 40.8 Å². The second-order valence-electron chi connectivity index (χ2n) is 5.53. The van der Waals surface area contributed by atoms with Gasteiger partial charge in [0.05, 0.1) is 5.56 Å². The Bertz CT molecular complexity index is 790. The molecule has 3 rings (SSSR count). The van der Waals surface area contributed by atoms with Crippen molar-refractivity contribution in [1.82, 2.24) is 24.4 Å². The monoisotopic (exact) mass is 356 g/mol. The summed E-state index contributed by atoms with van der Waals surface area (Å²) in [6.45, 7) is 1.50. The highest BCUT2D eigenvalue weighted by molar-refractivity contribution is 5.76. The van der Waals surface area contributed by atoms with Gasteiger partial charge >= 0.3 is 11.9 Å². The highest BCUT2D eigenvalue weighted by atomic mass is 19.4. The summed E-state index contributed by atoms with van der Waals surface area (Å²) in [7, 11) is 0. The zero-order valence-corrected chi connectivity index (χ0v) is 13.0. The van der Waals surface area contributed by atoms with Gasteiger partial charge in [-0.1, -0.05) is 0 Å². The molecule has 0 aliphatic carbocycles. The van der Waals surface area contributed by atoms with E-state index in [0.717, 1.165) is 12.4 Å². The lowest BCUT2D eigenvalue weighted by molar-refractivity contribution is -0.138. The highest BCUT2D eigenvalue weighted by Gasteiger charge is 2.32. The van der Waals surface area contributed by atoms with Crippen molar-refractivity contribution in [2.75, 3.05) is 31.1 Å². The first-order chi connectivity index (χ1) is 11.8. The lowest BCUT2D eigenvalue weighted by Crippen LogP contribution is -2.50. The molecule has 0 bridgehead atoms. The van der Waals surface area contributed by atoms with Crippen LogP contribution in [0.25, 0.3) is 0 Å². The van der Waals surface area contributed by atoms with Crippen molar-refractivity contribution in [3.63, 3.8) is 0 Å². The Kier molecular flexibility index (Phi) is 4.47. The number of imidazole rings is 1. The number of nitrogens with one attached hydrogen (secondary N) is 1. The van der Waals surface area contributed by atoms with Gasteiger partial charge in [-0.25, -0.2) is 14.8 Å². The quantitative estimate of drug-likeness (QED) is 0.857. The Morgan fingerprint density at radius 3 is 2.32 bits per heavy atom. The van der Waals surface area contributed by atoms with Crippen molar-refractivity contribution in [2.24, 2.45) is 0 Å². The van der Waals surface area contributed by atoms with E-state index in [0.29, 0.717) is 26.2 Å². The van der Waals surface area contributed by atoms with Gasteiger partial charge in [-0.2, -0.15) is 13.2 Å². The molecule has 0 radical (unpaired) electrons. The molecule has 0 atom stereocenters. The van der Waals surface area contributed by atoms with Gasteiger partial charge in [0.15, 0.2) is 0 Å². The van der Waals surface area contributed by atoms with Gasteiger partial charge in [0.1, 0.15) is 6.54 Å². The molecule has 1 aliphatic rings. The maximum atomic E-state index is 12.5. The molecule has 8 nitrogen and oxygen atoms in total. The minimum atomic E-state index is -4.47. The molecule has 1 amide bonds. The van der Waals surface area contributed by atoms with Crippen LogP contribution in [0.5, 0.6) is 0 Å². The Balaban J connectivity index is 1.57. The molecule has 3 heterocycles. The van der Waals surface area contributed by atoms with Crippen molar-refractivity contribution < 1.29 is 18.0 Å². The first kappa shape index (κ1) is 17.0. The van der Waals surface area contributed by atoms with Crippen LogP contribution < -0.4 is 10.6 Å². The van der Waals surface area contributed by atoms with Crippen molar-refractivity contribution in [1.29, 1.82) is 0 Å². The van der Waals surface area contributed by atoms with Gasteiger partial charge < -0.3 is 14.8 Å². The van der Waals surface area contributed by atoms with E-state index in [1.165, 1.54) is 17.0 Å². The number of halogens is 3. The third-order valence-corrected chi connectivity index (χ3v) is 3.91. The van der Waals surface area contributed by atoms with E-state index in [1.807, 2.05) is 0 Å². The average Bonchev–Trinajstić information content (AvgIpc) is 2.99. The number of anilines is 1. The van der Waals surface area contributed by atoms with Crippen LogP contribution in [-0.2, 0) is 17.5 Å². The van der Waals surface area contributed by atoms with Gasteiger partial charge in [-0.15, -0.1) is 0 Å². The standard InChI is InChI=1S/C14H15F3N6O2/c15-14(16,17)10-7-19-12(20-8-10)22-5-3-21(4-6-22)11(24)9-23-2-1-18-13(23)25/h1-2,7-8H,3-6,9H2,(H,18,25). The normalized spacial score (nSPS) is 15.5. The molecule has 1 fully saturated rings. The highest BCUT2D eigenvalue weighted by Crippen LogP contribution is 2.28. The van der Waals surface area contributed by atoms with Crippen LogP contribution >= 0.6 is 0 Å². The minimum Gasteiger partial charge on any atom is -0.338 e. The minimum absolute atomic E-state index is 0.0564. The van der Waals surface area contributed by atoms with Crippen LogP contribution in [0.2, 0.25) is 0 Å². The van der Waals surface area contributed by atoms with Gasteiger partial charge in [0.25, 0.3) is 0 Å². The number of H-pyrrole nitrogens is 1. The Labute approximate surface area is 139 Å². The van der Waals surface area contributed by atoms with Crippen LogP contribution in [0.1, 0.15) is 5.56 Å². The molecule has 0 saturated carbocycles. The number of rotatable bonds is 3. The first-order valence-electron chi connectivity index (χ1n) is 7.50. The molecular formula is C14H15F3N6O2. The molecule has 2 aromatic heterocycles. The fourth-order valence-corrected chi connectivity index (χ4v) is 2.51. The summed E-state index contributed by atoms with van der Waals surface area (Å²) >= 11 is 0. The Morgan fingerprint density at radius 1 is 1.16 bits per heavy atom. The number of alkyl halides is 3. The second kappa shape index (κ2) is 6.57. The molecule has 11 heteroatoms. The molecular weight excluding hydrogens is 341 g/mol. The smallest absolute Gasteiger partial charge is 0.338 e. The second-order valence-corrected chi connectivity index (χ2v) is 5.53. The number of nitrogens with zero attached hydrogens (tertiary/aromatic N) is 5. The van der Waals surface area contributed by atoms with Gasteiger partial charge in [0, 0.05) is 51.0 Å². The fourth-order valence-electron chi connectivity index (χ4n) is 2.51. The first-order valence-corrected chi connectivity index (χ1v) is 7.50. The van der Waals surface area contributed by atoms with Crippen molar-refractivity contribution >= 4 is 11.9 Å². The van der Waals surface area contributed by atoms with E-state index in [1.54, 1.807) is 9.80 Å². The number of amides is 1. The molecule has 0 spiro atoms. The van der Waals surface area contributed by atoms with Gasteiger partial charge in [-0.3, -0.25) is 9.36 Å². The van der Waals surface area contributed by atoms with E-state index in [2.05, 4.69) is 15.0 Å². The molecule has 25 heavy (non-hydrogen) atoms. The molecule has 2 aromatic rings. The van der Waals surface area contributed by atoms with E-state index in [-0.39, 0.29) is 24.1 Å². The van der Waals surface area contributed by atoms with Crippen molar-refractivity contribution in [3.8, 4) is 0 Å². The summed E-state index contributed by atoms with van der Waals surface area (Å²) in [5.74, 6) is -0.00311. The van der Waals surface area contributed by atoms with Crippen LogP contribution in [0, 0.1) is 0 Å². The summed E-state index contributed by atoms with van der Waals surface area (Å²) < 4.78 is 38.8. The Morgan fingerprint density at radius 2 is 1.80 bits per heavy atom. The zero-order valence-electron chi connectivity index (χ0n) is 13.0. The number of aromatic amines is 1. The lowest BCUT2D eigenvalue weighted by atomic mass is 10.3. The Hall–Kier alpha value is -2.85. The molecule has 0 aromatic carbocycles. The number of aromatic nitrogens is 4. The maximum Gasteiger partial charge on any atom is 0.419 e. The molecule has 1 aliphatic heterocycles. The third kappa shape index (κ3) is 3.80. The summed E-state index contributed by atoms with van der Waals surface area (Å²) in [5, 5.41) is 0. The summed E-state index contributed by atoms with van der Waals surface area (Å²) in [6, 6.07) is 0. The topological polar surface area (TPSA) is 87.1 Å². The predicted octanol–water partition coefficient (Wildman–Crippen LogP) is 0.334. The number of carbonyl (C=O) groups is 1. The maximum absolute atomic E-state index is 12.5.